The van der Waals surface area contributed by atoms with Crippen LogP contribution >= 0.6 is 0 Å². The number of halogens is 1. The zero-order valence-electron chi connectivity index (χ0n) is 9.93. The van der Waals surface area contributed by atoms with E-state index >= 15 is 0 Å². The van der Waals surface area contributed by atoms with Gasteiger partial charge in [0.15, 0.2) is 0 Å². The van der Waals surface area contributed by atoms with Crippen LogP contribution in [0.15, 0.2) is 0 Å². The van der Waals surface area contributed by atoms with Gasteiger partial charge in [0, 0.05) is 13.1 Å². The summed E-state index contributed by atoms with van der Waals surface area (Å²) in [5.41, 5.74) is -0.999. The Hall–Kier alpha value is -0.150. The fraction of sp³-hybridized carbons (Fsp3) is 1.00. The van der Waals surface area contributed by atoms with Crippen LogP contribution in [0.5, 0.6) is 0 Å². The molecule has 0 saturated carbocycles. The third kappa shape index (κ3) is 2.51. The molecule has 2 rings (SSSR count). The average molecular weight is 214 g/mol. The van der Waals surface area contributed by atoms with Crippen molar-refractivity contribution in [2.24, 2.45) is 11.8 Å². The number of rotatable bonds is 1. The van der Waals surface area contributed by atoms with Gasteiger partial charge in [-0.05, 0) is 58.2 Å². The highest BCUT2D eigenvalue weighted by Gasteiger charge is 2.41. The van der Waals surface area contributed by atoms with Crippen molar-refractivity contribution in [3.8, 4) is 0 Å². The molecule has 0 radical (unpaired) electrons. The van der Waals surface area contributed by atoms with E-state index in [1.807, 2.05) is 0 Å². The molecule has 0 amide bonds. The first-order chi connectivity index (χ1) is 7.09. The summed E-state index contributed by atoms with van der Waals surface area (Å²) in [6.07, 6.45) is 3.46. The Morgan fingerprint density at radius 1 is 1.40 bits per heavy atom. The van der Waals surface area contributed by atoms with Gasteiger partial charge in [0.05, 0.1) is 0 Å². The molecule has 88 valence electrons. The number of piperidine rings is 2. The van der Waals surface area contributed by atoms with Crippen LogP contribution in [-0.4, -0.2) is 43.8 Å². The van der Waals surface area contributed by atoms with Crippen molar-refractivity contribution in [2.45, 2.75) is 31.9 Å². The van der Waals surface area contributed by atoms with Gasteiger partial charge in [0.2, 0.25) is 0 Å². The van der Waals surface area contributed by atoms with Gasteiger partial charge in [0.25, 0.3) is 0 Å². The fourth-order valence-corrected chi connectivity index (χ4v) is 3.28. The standard InChI is InChI=1S/C12H23FN2/c1-12(13)9-14-6-5-11(12)10-4-3-7-15(2)8-10/h10-11,14H,3-9H2,1-2H3. The normalized spacial score (nSPS) is 44.2. The van der Waals surface area contributed by atoms with Crippen LogP contribution in [0.3, 0.4) is 0 Å². The molecular formula is C12H23FN2. The summed E-state index contributed by atoms with van der Waals surface area (Å²) < 4.78 is 14.4. The van der Waals surface area contributed by atoms with Gasteiger partial charge in [-0.2, -0.15) is 0 Å². The lowest BCUT2D eigenvalue weighted by molar-refractivity contribution is 0.00859. The lowest BCUT2D eigenvalue weighted by Crippen LogP contribution is -2.52. The zero-order valence-corrected chi connectivity index (χ0v) is 9.93. The highest BCUT2D eigenvalue weighted by atomic mass is 19.1. The molecule has 2 fully saturated rings. The number of likely N-dealkylation sites (tertiary alicyclic amines) is 1. The Kier molecular flexibility index (Phi) is 3.31. The number of nitrogens with one attached hydrogen (secondary N) is 1. The van der Waals surface area contributed by atoms with Crippen molar-refractivity contribution in [2.75, 3.05) is 33.2 Å². The highest BCUT2D eigenvalue weighted by Crippen LogP contribution is 2.37. The topological polar surface area (TPSA) is 15.3 Å². The molecule has 0 aromatic rings. The van der Waals surface area contributed by atoms with Gasteiger partial charge in [-0.1, -0.05) is 0 Å². The molecule has 0 bridgehead atoms. The first-order valence-corrected chi connectivity index (χ1v) is 6.18. The van der Waals surface area contributed by atoms with E-state index in [0.29, 0.717) is 12.5 Å². The summed E-state index contributed by atoms with van der Waals surface area (Å²) in [6, 6.07) is 0. The van der Waals surface area contributed by atoms with Crippen molar-refractivity contribution in [1.29, 1.82) is 0 Å². The molecule has 3 atom stereocenters. The molecule has 3 heteroatoms. The molecule has 2 aliphatic rings. The van der Waals surface area contributed by atoms with Gasteiger partial charge in [-0.25, -0.2) is 4.39 Å². The van der Waals surface area contributed by atoms with Crippen molar-refractivity contribution in [3.05, 3.63) is 0 Å². The molecule has 3 unspecified atom stereocenters. The van der Waals surface area contributed by atoms with E-state index in [-0.39, 0.29) is 5.92 Å². The minimum absolute atomic E-state index is 0.265. The molecule has 1 N–H and O–H groups in total. The first-order valence-electron chi connectivity index (χ1n) is 6.18. The Morgan fingerprint density at radius 2 is 2.20 bits per heavy atom. The second-order valence-corrected chi connectivity index (χ2v) is 5.51. The Bertz CT molecular complexity index is 218. The Morgan fingerprint density at radius 3 is 2.87 bits per heavy atom. The van der Waals surface area contributed by atoms with Gasteiger partial charge >= 0.3 is 0 Å². The second-order valence-electron chi connectivity index (χ2n) is 5.51. The minimum atomic E-state index is -0.999. The molecule has 2 heterocycles. The quantitative estimate of drug-likeness (QED) is 0.714. The van der Waals surface area contributed by atoms with Gasteiger partial charge in [-0.15, -0.1) is 0 Å². The van der Waals surface area contributed by atoms with Crippen molar-refractivity contribution in [1.82, 2.24) is 10.2 Å². The van der Waals surface area contributed by atoms with Crippen LogP contribution in [0, 0.1) is 11.8 Å². The third-order valence-electron chi connectivity index (χ3n) is 4.11. The van der Waals surface area contributed by atoms with Gasteiger partial charge in [-0.3, -0.25) is 0 Å². The van der Waals surface area contributed by atoms with E-state index < -0.39 is 5.67 Å². The van der Waals surface area contributed by atoms with Crippen LogP contribution in [-0.2, 0) is 0 Å². The summed E-state index contributed by atoms with van der Waals surface area (Å²) in [5, 5.41) is 3.17. The van der Waals surface area contributed by atoms with Crippen molar-refractivity contribution in [3.63, 3.8) is 0 Å². The summed E-state index contributed by atoms with van der Waals surface area (Å²) in [4.78, 5) is 2.35. The molecule has 2 saturated heterocycles. The number of hydrogen-bond acceptors (Lipinski definition) is 2. The fourth-order valence-electron chi connectivity index (χ4n) is 3.28. The number of hydrogen-bond donors (Lipinski definition) is 1. The maximum absolute atomic E-state index is 14.4. The van der Waals surface area contributed by atoms with E-state index in [1.54, 1.807) is 6.92 Å². The van der Waals surface area contributed by atoms with Crippen molar-refractivity contribution < 1.29 is 4.39 Å². The molecule has 0 aliphatic carbocycles. The van der Waals surface area contributed by atoms with Gasteiger partial charge in [0.1, 0.15) is 5.67 Å². The van der Waals surface area contributed by atoms with Crippen LogP contribution < -0.4 is 5.32 Å². The summed E-state index contributed by atoms with van der Waals surface area (Å²) in [7, 11) is 2.16. The maximum atomic E-state index is 14.4. The molecule has 2 aliphatic heterocycles. The molecule has 0 aromatic carbocycles. The van der Waals surface area contributed by atoms with E-state index in [4.69, 9.17) is 0 Å². The zero-order chi connectivity index (χ0) is 10.9. The largest absolute Gasteiger partial charge is 0.314 e. The molecule has 15 heavy (non-hydrogen) atoms. The molecule has 0 spiro atoms. The lowest BCUT2D eigenvalue weighted by Gasteiger charge is -2.43. The van der Waals surface area contributed by atoms with E-state index in [9.17, 15) is 4.39 Å². The third-order valence-corrected chi connectivity index (χ3v) is 4.11. The monoisotopic (exact) mass is 214 g/mol. The average Bonchev–Trinajstić information content (AvgIpc) is 2.17. The van der Waals surface area contributed by atoms with Gasteiger partial charge < -0.3 is 10.2 Å². The summed E-state index contributed by atoms with van der Waals surface area (Å²) >= 11 is 0. The Balaban J connectivity index is 2.01. The van der Waals surface area contributed by atoms with Crippen LogP contribution in [0.25, 0.3) is 0 Å². The first kappa shape index (κ1) is 11.3. The summed E-state index contributed by atoms with van der Waals surface area (Å²) in [6.45, 7) is 5.58. The molecular weight excluding hydrogens is 191 g/mol. The number of nitrogens with zero attached hydrogens (tertiary/aromatic N) is 1. The maximum Gasteiger partial charge on any atom is 0.123 e. The highest BCUT2D eigenvalue weighted by molar-refractivity contribution is 4.94. The molecule has 2 nitrogen and oxygen atoms in total. The van der Waals surface area contributed by atoms with Crippen LogP contribution in [0.4, 0.5) is 4.39 Å². The predicted octanol–water partition coefficient (Wildman–Crippen LogP) is 1.67. The summed E-state index contributed by atoms with van der Waals surface area (Å²) in [5.74, 6) is 0.836. The van der Waals surface area contributed by atoms with E-state index in [2.05, 4.69) is 17.3 Å². The minimum Gasteiger partial charge on any atom is -0.314 e. The molecule has 0 aromatic heterocycles. The number of alkyl halides is 1. The smallest absolute Gasteiger partial charge is 0.123 e. The van der Waals surface area contributed by atoms with E-state index in [0.717, 1.165) is 19.5 Å². The Labute approximate surface area is 92.2 Å². The van der Waals surface area contributed by atoms with Crippen molar-refractivity contribution >= 4 is 0 Å². The van der Waals surface area contributed by atoms with Crippen LogP contribution in [0.2, 0.25) is 0 Å². The van der Waals surface area contributed by atoms with E-state index in [1.165, 1.54) is 19.4 Å². The SMILES string of the molecule is CN1CCCC(C2CCNCC2(C)F)C1. The predicted molar refractivity (Wildman–Crippen MR) is 60.7 cm³/mol. The lowest BCUT2D eigenvalue weighted by atomic mass is 9.73. The van der Waals surface area contributed by atoms with Crippen LogP contribution in [0.1, 0.15) is 26.2 Å². The second kappa shape index (κ2) is 4.38.